The Balaban J connectivity index is 2.49. The van der Waals surface area contributed by atoms with Gasteiger partial charge < -0.3 is 15.4 Å². The molecule has 116 valence electrons. The fourth-order valence-corrected chi connectivity index (χ4v) is 1.52. The van der Waals surface area contributed by atoms with Crippen LogP contribution in [-0.4, -0.2) is 24.2 Å². The predicted octanol–water partition coefficient (Wildman–Crippen LogP) is 1.73. The van der Waals surface area contributed by atoms with Gasteiger partial charge in [-0.3, -0.25) is 9.59 Å². The normalized spacial score (nSPS) is 12.4. The Morgan fingerprint density at radius 3 is 2.29 bits per heavy atom. The highest BCUT2D eigenvalue weighted by atomic mass is 19.4. The SMILES string of the molecule is CC(=O)N[C@@H](C)C(=O)NCc1ccc(OC(F)(F)F)cc1. The summed E-state index contributed by atoms with van der Waals surface area (Å²) in [6.07, 6.45) is -4.73. The average Bonchev–Trinajstić information content (AvgIpc) is 2.35. The molecule has 2 amide bonds. The maximum atomic E-state index is 12.0. The van der Waals surface area contributed by atoms with E-state index in [0.29, 0.717) is 5.56 Å². The van der Waals surface area contributed by atoms with Crippen molar-refractivity contribution in [1.82, 2.24) is 10.6 Å². The molecule has 1 atom stereocenters. The summed E-state index contributed by atoms with van der Waals surface area (Å²) >= 11 is 0. The molecule has 0 aromatic heterocycles. The zero-order valence-corrected chi connectivity index (χ0v) is 11.5. The summed E-state index contributed by atoms with van der Waals surface area (Å²) in [5.41, 5.74) is 0.605. The van der Waals surface area contributed by atoms with Gasteiger partial charge in [-0.1, -0.05) is 12.1 Å². The van der Waals surface area contributed by atoms with E-state index in [-0.39, 0.29) is 24.1 Å². The molecule has 8 heteroatoms. The highest BCUT2D eigenvalue weighted by molar-refractivity contribution is 5.86. The van der Waals surface area contributed by atoms with Crippen molar-refractivity contribution in [3.8, 4) is 5.75 Å². The fraction of sp³-hybridized carbons (Fsp3) is 0.385. The zero-order chi connectivity index (χ0) is 16.0. The minimum atomic E-state index is -4.73. The van der Waals surface area contributed by atoms with Crippen molar-refractivity contribution in [2.45, 2.75) is 32.8 Å². The third-order valence-electron chi connectivity index (χ3n) is 2.44. The van der Waals surface area contributed by atoms with E-state index in [2.05, 4.69) is 15.4 Å². The summed E-state index contributed by atoms with van der Waals surface area (Å²) in [5, 5.41) is 4.97. The smallest absolute Gasteiger partial charge is 0.406 e. The van der Waals surface area contributed by atoms with Crippen LogP contribution in [0, 0.1) is 0 Å². The molecule has 0 saturated carbocycles. The molecule has 1 aromatic rings. The van der Waals surface area contributed by atoms with Crippen molar-refractivity contribution in [1.29, 1.82) is 0 Å². The van der Waals surface area contributed by atoms with Gasteiger partial charge in [0.25, 0.3) is 0 Å². The molecule has 0 unspecified atom stereocenters. The van der Waals surface area contributed by atoms with Crippen LogP contribution in [-0.2, 0) is 16.1 Å². The number of nitrogens with one attached hydrogen (secondary N) is 2. The van der Waals surface area contributed by atoms with Crippen molar-refractivity contribution in [2.24, 2.45) is 0 Å². The maximum Gasteiger partial charge on any atom is 0.573 e. The Labute approximate surface area is 119 Å². The van der Waals surface area contributed by atoms with E-state index in [0.717, 1.165) is 12.1 Å². The molecule has 0 spiro atoms. The summed E-state index contributed by atoms with van der Waals surface area (Å²) in [7, 11) is 0. The first-order chi connectivity index (χ1) is 9.67. The number of rotatable bonds is 5. The number of ether oxygens (including phenoxy) is 1. The van der Waals surface area contributed by atoms with Gasteiger partial charge in [0, 0.05) is 13.5 Å². The van der Waals surface area contributed by atoms with Gasteiger partial charge in [0.05, 0.1) is 0 Å². The van der Waals surface area contributed by atoms with Crippen LogP contribution < -0.4 is 15.4 Å². The van der Waals surface area contributed by atoms with Gasteiger partial charge in [0.2, 0.25) is 11.8 Å². The third-order valence-corrected chi connectivity index (χ3v) is 2.44. The molecule has 0 saturated heterocycles. The average molecular weight is 304 g/mol. The van der Waals surface area contributed by atoms with Crippen molar-refractivity contribution in [3.63, 3.8) is 0 Å². The fourth-order valence-electron chi connectivity index (χ4n) is 1.52. The maximum absolute atomic E-state index is 12.0. The zero-order valence-electron chi connectivity index (χ0n) is 11.5. The molecule has 2 N–H and O–H groups in total. The number of amides is 2. The van der Waals surface area contributed by atoms with E-state index >= 15 is 0 Å². The molecule has 0 fully saturated rings. The van der Waals surface area contributed by atoms with Crippen LogP contribution in [0.5, 0.6) is 5.75 Å². The van der Waals surface area contributed by atoms with E-state index in [1.54, 1.807) is 0 Å². The molecule has 1 aromatic carbocycles. The molecule has 0 heterocycles. The Morgan fingerprint density at radius 1 is 1.24 bits per heavy atom. The van der Waals surface area contributed by atoms with Crippen molar-refractivity contribution >= 4 is 11.8 Å². The third kappa shape index (κ3) is 6.64. The number of benzene rings is 1. The Morgan fingerprint density at radius 2 is 1.81 bits per heavy atom. The molecule has 0 radical (unpaired) electrons. The van der Waals surface area contributed by atoms with Crippen LogP contribution >= 0.6 is 0 Å². The predicted molar refractivity (Wildman–Crippen MR) is 68.3 cm³/mol. The van der Waals surface area contributed by atoms with Crippen LogP contribution in [0.4, 0.5) is 13.2 Å². The van der Waals surface area contributed by atoms with Crippen LogP contribution in [0.15, 0.2) is 24.3 Å². The lowest BCUT2D eigenvalue weighted by atomic mass is 10.2. The molecule has 0 aliphatic carbocycles. The van der Waals surface area contributed by atoms with Crippen molar-refractivity contribution in [3.05, 3.63) is 29.8 Å². The first kappa shape index (κ1) is 16.8. The molecule has 1 rings (SSSR count). The molecule has 0 aliphatic rings. The lowest BCUT2D eigenvalue weighted by molar-refractivity contribution is -0.274. The Kier molecular flexibility index (Phi) is 5.57. The lowest BCUT2D eigenvalue weighted by Gasteiger charge is -2.13. The topological polar surface area (TPSA) is 67.4 Å². The molecule has 21 heavy (non-hydrogen) atoms. The van der Waals surface area contributed by atoms with Gasteiger partial charge in [0.15, 0.2) is 0 Å². The number of hydrogen-bond acceptors (Lipinski definition) is 3. The summed E-state index contributed by atoms with van der Waals surface area (Å²) in [6.45, 7) is 2.95. The number of carbonyl (C=O) groups is 2. The highest BCUT2D eigenvalue weighted by Gasteiger charge is 2.30. The van der Waals surface area contributed by atoms with E-state index in [1.807, 2.05) is 0 Å². The van der Waals surface area contributed by atoms with Crippen LogP contribution in [0.1, 0.15) is 19.4 Å². The summed E-state index contributed by atoms with van der Waals surface area (Å²) in [5.74, 6) is -1.05. The highest BCUT2D eigenvalue weighted by Crippen LogP contribution is 2.22. The quantitative estimate of drug-likeness (QED) is 0.870. The standard InChI is InChI=1S/C13H15F3N2O3/c1-8(18-9(2)19)12(20)17-7-10-3-5-11(6-4-10)21-13(14,15)16/h3-6,8H,7H2,1-2H3,(H,17,20)(H,18,19)/t8-/m0/s1. The van der Waals surface area contributed by atoms with E-state index in [1.165, 1.54) is 26.0 Å². The second kappa shape index (κ2) is 6.96. The Bertz CT molecular complexity index is 500. The molecular weight excluding hydrogens is 289 g/mol. The minimum absolute atomic E-state index is 0.134. The Hall–Kier alpha value is -2.25. The molecular formula is C13H15F3N2O3. The minimum Gasteiger partial charge on any atom is -0.406 e. The molecule has 5 nitrogen and oxygen atoms in total. The van der Waals surface area contributed by atoms with Gasteiger partial charge in [0.1, 0.15) is 11.8 Å². The van der Waals surface area contributed by atoms with Gasteiger partial charge in [-0.05, 0) is 24.6 Å². The van der Waals surface area contributed by atoms with Crippen LogP contribution in [0.3, 0.4) is 0 Å². The van der Waals surface area contributed by atoms with Gasteiger partial charge in [-0.25, -0.2) is 0 Å². The summed E-state index contributed by atoms with van der Waals surface area (Å²) in [6, 6.07) is 4.45. The number of carbonyl (C=O) groups excluding carboxylic acids is 2. The van der Waals surface area contributed by atoms with Crippen LogP contribution in [0.25, 0.3) is 0 Å². The second-order valence-electron chi connectivity index (χ2n) is 4.33. The molecule has 0 bridgehead atoms. The lowest BCUT2D eigenvalue weighted by Crippen LogP contribution is -2.43. The first-order valence-electron chi connectivity index (χ1n) is 6.07. The van der Waals surface area contributed by atoms with Crippen LogP contribution in [0.2, 0.25) is 0 Å². The first-order valence-corrected chi connectivity index (χ1v) is 6.07. The van der Waals surface area contributed by atoms with Gasteiger partial charge in [-0.15, -0.1) is 13.2 Å². The van der Waals surface area contributed by atoms with Crippen molar-refractivity contribution in [2.75, 3.05) is 0 Å². The summed E-state index contributed by atoms with van der Waals surface area (Å²) < 4.78 is 39.7. The van der Waals surface area contributed by atoms with E-state index < -0.39 is 12.4 Å². The number of halogens is 3. The summed E-state index contributed by atoms with van der Waals surface area (Å²) in [4.78, 5) is 22.4. The van der Waals surface area contributed by atoms with Crippen molar-refractivity contribution < 1.29 is 27.5 Å². The molecule has 0 aliphatic heterocycles. The monoisotopic (exact) mass is 304 g/mol. The number of hydrogen-bond donors (Lipinski definition) is 2. The van der Waals surface area contributed by atoms with E-state index in [4.69, 9.17) is 0 Å². The van der Waals surface area contributed by atoms with Gasteiger partial charge in [-0.2, -0.15) is 0 Å². The van der Waals surface area contributed by atoms with Gasteiger partial charge >= 0.3 is 6.36 Å². The largest absolute Gasteiger partial charge is 0.573 e. The number of alkyl halides is 3. The van der Waals surface area contributed by atoms with E-state index in [9.17, 15) is 22.8 Å². The second-order valence-corrected chi connectivity index (χ2v) is 4.33.